The normalized spacial score (nSPS) is 16.8. The average Bonchev–Trinajstić information content (AvgIpc) is 3.39. The number of carbonyl (C=O) groups excluding carboxylic acids is 1. The number of fused-ring (bicyclic) bond motifs is 1. The van der Waals surface area contributed by atoms with Gasteiger partial charge in [-0.1, -0.05) is 0 Å². The van der Waals surface area contributed by atoms with Gasteiger partial charge in [0.25, 0.3) is 5.91 Å². The molecule has 2 aromatic rings. The van der Waals surface area contributed by atoms with Crippen molar-refractivity contribution in [2.75, 3.05) is 37.6 Å². The van der Waals surface area contributed by atoms with Gasteiger partial charge in [-0.15, -0.1) is 0 Å². The molecule has 1 saturated heterocycles. The number of likely N-dealkylation sites (tertiary alicyclic amines) is 1. The Kier molecular flexibility index (Phi) is 6.03. The first kappa shape index (κ1) is 20.4. The van der Waals surface area contributed by atoms with Gasteiger partial charge in [-0.25, -0.2) is 19.4 Å². The van der Waals surface area contributed by atoms with Crippen LogP contribution in [0.1, 0.15) is 31.0 Å². The average molecular weight is 410 g/mol. The molecule has 0 spiro atoms. The SMILES string of the molecule is C/C(=N\c1c(C)ncnc1N1CCc2cc(F)ccc21)C(=O)NCCN1CCCC1. The number of benzene rings is 1. The van der Waals surface area contributed by atoms with Crippen molar-refractivity contribution in [2.45, 2.75) is 33.1 Å². The van der Waals surface area contributed by atoms with Gasteiger partial charge in [0.2, 0.25) is 0 Å². The maximum absolute atomic E-state index is 13.6. The third kappa shape index (κ3) is 4.33. The van der Waals surface area contributed by atoms with E-state index in [1.807, 2.05) is 11.8 Å². The van der Waals surface area contributed by atoms with Crippen LogP contribution in [0.15, 0.2) is 29.5 Å². The van der Waals surface area contributed by atoms with Crippen LogP contribution in [-0.2, 0) is 11.2 Å². The minimum absolute atomic E-state index is 0.188. The van der Waals surface area contributed by atoms with Crippen molar-refractivity contribution in [3.63, 3.8) is 0 Å². The number of nitrogens with one attached hydrogen (secondary N) is 1. The van der Waals surface area contributed by atoms with Gasteiger partial charge in [-0.3, -0.25) is 4.79 Å². The second kappa shape index (κ2) is 8.87. The number of halogens is 1. The largest absolute Gasteiger partial charge is 0.350 e. The standard InChI is InChI=1S/C22H27FN6O/c1-15-20(27-16(2)22(30)24-8-12-28-9-3-4-10-28)21(26-14-25-15)29-11-7-17-13-18(23)5-6-19(17)29/h5-6,13-14H,3-4,7-12H2,1-2H3,(H,24,30)/b27-16+. The number of aromatic nitrogens is 2. The van der Waals surface area contributed by atoms with Gasteiger partial charge >= 0.3 is 0 Å². The molecule has 1 amide bonds. The number of hydrogen-bond acceptors (Lipinski definition) is 6. The van der Waals surface area contributed by atoms with Crippen molar-refractivity contribution in [1.29, 1.82) is 0 Å². The van der Waals surface area contributed by atoms with E-state index in [0.29, 0.717) is 36.0 Å². The Bertz CT molecular complexity index is 970. The fourth-order valence-corrected chi connectivity index (χ4v) is 4.05. The quantitative estimate of drug-likeness (QED) is 0.742. The highest BCUT2D eigenvalue weighted by atomic mass is 19.1. The number of anilines is 2. The van der Waals surface area contributed by atoms with Crippen molar-refractivity contribution < 1.29 is 9.18 Å². The lowest BCUT2D eigenvalue weighted by atomic mass is 10.1. The van der Waals surface area contributed by atoms with E-state index >= 15 is 0 Å². The van der Waals surface area contributed by atoms with E-state index in [0.717, 1.165) is 37.3 Å². The Morgan fingerprint density at radius 3 is 2.83 bits per heavy atom. The van der Waals surface area contributed by atoms with Crippen molar-refractivity contribution in [3.8, 4) is 0 Å². The van der Waals surface area contributed by atoms with Crippen molar-refractivity contribution in [2.24, 2.45) is 4.99 Å². The van der Waals surface area contributed by atoms with Gasteiger partial charge in [0.05, 0.1) is 5.69 Å². The molecule has 30 heavy (non-hydrogen) atoms. The van der Waals surface area contributed by atoms with E-state index in [9.17, 15) is 9.18 Å². The summed E-state index contributed by atoms with van der Waals surface area (Å²) in [4.78, 5) is 30.2. The summed E-state index contributed by atoms with van der Waals surface area (Å²) >= 11 is 0. The molecule has 158 valence electrons. The van der Waals surface area contributed by atoms with Crippen LogP contribution in [0.3, 0.4) is 0 Å². The Balaban J connectivity index is 1.52. The Morgan fingerprint density at radius 2 is 2.03 bits per heavy atom. The third-order valence-corrected chi connectivity index (χ3v) is 5.70. The summed E-state index contributed by atoms with van der Waals surface area (Å²) in [5.41, 5.74) is 3.49. The van der Waals surface area contributed by atoms with E-state index in [1.54, 1.807) is 19.1 Å². The molecule has 1 N–H and O–H groups in total. The van der Waals surface area contributed by atoms with Crippen LogP contribution >= 0.6 is 0 Å². The molecule has 1 aromatic carbocycles. The number of nitrogens with zero attached hydrogens (tertiary/aromatic N) is 5. The molecule has 3 heterocycles. The van der Waals surface area contributed by atoms with Crippen LogP contribution in [0.5, 0.6) is 0 Å². The Hall–Kier alpha value is -2.87. The van der Waals surface area contributed by atoms with E-state index in [2.05, 4.69) is 25.2 Å². The summed E-state index contributed by atoms with van der Waals surface area (Å²) in [5.74, 6) is 0.207. The third-order valence-electron chi connectivity index (χ3n) is 5.70. The lowest BCUT2D eigenvalue weighted by Crippen LogP contribution is -2.36. The first-order valence-electron chi connectivity index (χ1n) is 10.5. The van der Waals surface area contributed by atoms with Crippen LogP contribution in [0.4, 0.5) is 21.6 Å². The smallest absolute Gasteiger partial charge is 0.265 e. The Labute approximate surface area is 176 Å². The monoisotopic (exact) mass is 410 g/mol. The van der Waals surface area contributed by atoms with Gasteiger partial charge in [-0.05, 0) is 70.0 Å². The number of hydrogen-bond donors (Lipinski definition) is 1. The minimum Gasteiger partial charge on any atom is -0.350 e. The predicted octanol–water partition coefficient (Wildman–Crippen LogP) is 2.92. The number of amides is 1. The molecule has 0 radical (unpaired) electrons. The molecular formula is C22H27FN6O. The molecule has 0 unspecified atom stereocenters. The molecule has 7 nitrogen and oxygen atoms in total. The molecule has 1 fully saturated rings. The zero-order valence-electron chi connectivity index (χ0n) is 17.5. The molecule has 1 aromatic heterocycles. The van der Waals surface area contributed by atoms with Crippen LogP contribution in [-0.4, -0.2) is 59.2 Å². The lowest BCUT2D eigenvalue weighted by molar-refractivity contribution is -0.114. The van der Waals surface area contributed by atoms with E-state index < -0.39 is 0 Å². The van der Waals surface area contributed by atoms with E-state index in [-0.39, 0.29) is 11.7 Å². The summed E-state index contributed by atoms with van der Waals surface area (Å²) < 4.78 is 13.6. The number of aliphatic imine (C=N–C) groups is 1. The summed E-state index contributed by atoms with van der Waals surface area (Å²) in [6.45, 7) is 7.91. The summed E-state index contributed by atoms with van der Waals surface area (Å²) in [6.07, 6.45) is 4.69. The summed E-state index contributed by atoms with van der Waals surface area (Å²) in [5, 5.41) is 2.95. The minimum atomic E-state index is -0.242. The molecule has 2 aliphatic heterocycles. The molecule has 0 saturated carbocycles. The Morgan fingerprint density at radius 1 is 1.23 bits per heavy atom. The van der Waals surface area contributed by atoms with Gasteiger partial charge in [0.1, 0.15) is 23.5 Å². The fraction of sp³-hybridized carbons (Fsp3) is 0.455. The van der Waals surface area contributed by atoms with Crippen molar-refractivity contribution in [1.82, 2.24) is 20.2 Å². The summed E-state index contributed by atoms with van der Waals surface area (Å²) in [6, 6.07) is 4.78. The topological polar surface area (TPSA) is 73.7 Å². The summed E-state index contributed by atoms with van der Waals surface area (Å²) in [7, 11) is 0. The van der Waals surface area contributed by atoms with Gasteiger partial charge < -0.3 is 15.1 Å². The molecule has 0 atom stereocenters. The van der Waals surface area contributed by atoms with E-state index in [4.69, 9.17) is 0 Å². The molecule has 2 aliphatic rings. The number of rotatable bonds is 6. The van der Waals surface area contributed by atoms with Crippen molar-refractivity contribution >= 4 is 28.8 Å². The zero-order chi connectivity index (χ0) is 21.1. The van der Waals surface area contributed by atoms with Crippen molar-refractivity contribution in [3.05, 3.63) is 41.6 Å². The second-order valence-corrected chi connectivity index (χ2v) is 7.81. The first-order valence-corrected chi connectivity index (χ1v) is 10.5. The highest BCUT2D eigenvalue weighted by molar-refractivity contribution is 6.38. The second-order valence-electron chi connectivity index (χ2n) is 7.81. The van der Waals surface area contributed by atoms with Crippen LogP contribution < -0.4 is 10.2 Å². The molecule has 8 heteroatoms. The van der Waals surface area contributed by atoms with Crippen LogP contribution in [0.25, 0.3) is 0 Å². The zero-order valence-corrected chi connectivity index (χ0v) is 17.5. The van der Waals surface area contributed by atoms with E-state index in [1.165, 1.54) is 25.2 Å². The maximum Gasteiger partial charge on any atom is 0.265 e. The van der Waals surface area contributed by atoms with Crippen LogP contribution in [0.2, 0.25) is 0 Å². The maximum atomic E-state index is 13.6. The first-order chi connectivity index (χ1) is 14.5. The van der Waals surface area contributed by atoms with Gasteiger partial charge in [-0.2, -0.15) is 0 Å². The number of aryl methyl sites for hydroxylation is 1. The number of carbonyl (C=O) groups is 1. The molecular weight excluding hydrogens is 383 g/mol. The van der Waals surface area contributed by atoms with Crippen LogP contribution in [0, 0.1) is 12.7 Å². The fourth-order valence-electron chi connectivity index (χ4n) is 4.05. The molecule has 0 bridgehead atoms. The van der Waals surface area contributed by atoms with Gasteiger partial charge in [0.15, 0.2) is 5.82 Å². The van der Waals surface area contributed by atoms with Gasteiger partial charge in [0, 0.05) is 25.3 Å². The predicted molar refractivity (Wildman–Crippen MR) is 115 cm³/mol. The molecule has 4 rings (SSSR count). The molecule has 0 aliphatic carbocycles. The lowest BCUT2D eigenvalue weighted by Gasteiger charge is -2.20. The highest BCUT2D eigenvalue weighted by Gasteiger charge is 2.25. The highest BCUT2D eigenvalue weighted by Crippen LogP contribution is 2.39.